The lowest BCUT2D eigenvalue weighted by Crippen LogP contribution is -2.24. The fraction of sp³-hybridized carbons (Fsp3) is 1.00. The third-order valence-electron chi connectivity index (χ3n) is 2.24. The lowest BCUT2D eigenvalue weighted by atomic mass is 10.6. The maximum absolute atomic E-state index is 3.22. The third-order valence-corrected chi connectivity index (χ3v) is 9.33. The zero-order valence-corrected chi connectivity index (χ0v) is 10.5. The van der Waals surface area contributed by atoms with E-state index in [1.807, 2.05) is 0 Å². The minimum atomic E-state index is -0.833. The Morgan fingerprint density at radius 2 is 1.09 bits per heavy atom. The van der Waals surface area contributed by atoms with Gasteiger partial charge in [0, 0.05) is 0 Å². The summed E-state index contributed by atoms with van der Waals surface area (Å²) in [5, 5.41) is 0. The average molecular weight is 190 g/mol. The van der Waals surface area contributed by atoms with Crippen LogP contribution in [0.5, 0.6) is 0 Å². The van der Waals surface area contributed by atoms with Crippen LogP contribution in [-0.4, -0.2) is 7.74 Å². The van der Waals surface area contributed by atoms with E-state index in [0.29, 0.717) is 0 Å². The molecule has 11 heavy (non-hydrogen) atoms. The highest BCUT2D eigenvalue weighted by atomic mass is 31.3. The van der Waals surface area contributed by atoms with E-state index in [4.69, 9.17) is 0 Å². The van der Waals surface area contributed by atoms with E-state index in [0.717, 1.165) is 0 Å². The van der Waals surface area contributed by atoms with E-state index in [-0.39, 0.29) is 0 Å². The van der Waals surface area contributed by atoms with Gasteiger partial charge in [0.2, 0.25) is 0 Å². The molecule has 0 aliphatic carbocycles. The second-order valence-corrected chi connectivity index (χ2v) is 11.5. The molecule has 0 saturated carbocycles. The van der Waals surface area contributed by atoms with Crippen molar-refractivity contribution in [2.75, 3.05) is 0 Å². The molecule has 0 N–H and O–H groups in total. The first-order chi connectivity index (χ1) is 5.18. The fourth-order valence-corrected chi connectivity index (χ4v) is 8.20. The number of hydrogen-bond acceptors (Lipinski definition) is 0. The summed E-state index contributed by atoms with van der Waals surface area (Å²) in [6.45, 7) is 6.95. The van der Waals surface area contributed by atoms with Crippen LogP contribution in [0.2, 0.25) is 18.1 Å². The summed E-state index contributed by atoms with van der Waals surface area (Å²) in [7, 11) is 2.38. The summed E-state index contributed by atoms with van der Waals surface area (Å²) in [6, 6.07) is 4.54. The number of hydrogen-bond donors (Lipinski definition) is 0. The average Bonchev–Trinajstić information content (AvgIpc) is 1.88. The van der Waals surface area contributed by atoms with Gasteiger partial charge in [-0.1, -0.05) is 58.2 Å². The van der Waals surface area contributed by atoms with Crippen molar-refractivity contribution in [1.82, 2.24) is 0 Å². The Morgan fingerprint density at radius 1 is 0.818 bits per heavy atom. The van der Waals surface area contributed by atoms with Gasteiger partial charge in [-0.05, 0) is 0 Å². The minimum Gasteiger partial charge on any atom is -0.148 e. The van der Waals surface area contributed by atoms with Crippen LogP contribution in [0.3, 0.4) is 0 Å². The second kappa shape index (κ2) is 6.19. The standard InChI is InChI=1S/C9H23PSi/c1-4-7-11(10,8-5-2)9-6-3/h4-10H2,1-3H3. The first kappa shape index (κ1) is 11.6. The SMILES string of the molecule is CCC[Si](P)(CCC)CCC. The Morgan fingerprint density at radius 3 is 1.27 bits per heavy atom. The molecular formula is C9H23PSi. The van der Waals surface area contributed by atoms with E-state index < -0.39 is 7.74 Å². The van der Waals surface area contributed by atoms with Gasteiger partial charge in [-0.15, -0.1) is 8.79 Å². The summed E-state index contributed by atoms with van der Waals surface area (Å²) in [5.74, 6) is 0. The highest BCUT2D eigenvalue weighted by Crippen LogP contribution is 2.31. The Hall–Kier alpha value is 0.647. The fourth-order valence-electron chi connectivity index (χ4n) is 1.87. The van der Waals surface area contributed by atoms with Crippen molar-refractivity contribution in [2.45, 2.75) is 58.2 Å². The Bertz CT molecular complexity index is 76.5. The summed E-state index contributed by atoms with van der Waals surface area (Å²) in [6.07, 6.45) is 4.15. The predicted octanol–water partition coefficient (Wildman–Crippen LogP) is 4.04. The van der Waals surface area contributed by atoms with Crippen LogP contribution in [0, 0.1) is 0 Å². The van der Waals surface area contributed by atoms with Crippen molar-refractivity contribution in [3.63, 3.8) is 0 Å². The van der Waals surface area contributed by atoms with E-state index in [1.54, 1.807) is 0 Å². The molecule has 0 aromatic carbocycles. The van der Waals surface area contributed by atoms with Crippen LogP contribution < -0.4 is 0 Å². The molecule has 1 unspecified atom stereocenters. The van der Waals surface area contributed by atoms with Crippen LogP contribution >= 0.6 is 8.79 Å². The van der Waals surface area contributed by atoms with Crippen molar-refractivity contribution in [3.8, 4) is 0 Å². The van der Waals surface area contributed by atoms with Crippen LogP contribution in [0.15, 0.2) is 0 Å². The minimum absolute atomic E-state index is 0.833. The molecule has 68 valence electrons. The van der Waals surface area contributed by atoms with Gasteiger partial charge < -0.3 is 0 Å². The predicted molar refractivity (Wildman–Crippen MR) is 60.8 cm³/mol. The molecule has 0 nitrogen and oxygen atoms in total. The lowest BCUT2D eigenvalue weighted by Gasteiger charge is -2.25. The molecule has 0 heterocycles. The van der Waals surface area contributed by atoms with E-state index in [1.165, 1.54) is 37.4 Å². The van der Waals surface area contributed by atoms with Gasteiger partial charge in [-0.25, -0.2) is 0 Å². The summed E-state index contributed by atoms with van der Waals surface area (Å²) < 4.78 is 0. The molecule has 0 rings (SSSR count). The van der Waals surface area contributed by atoms with E-state index in [2.05, 4.69) is 29.6 Å². The highest BCUT2D eigenvalue weighted by Gasteiger charge is 2.23. The molecule has 0 amide bonds. The third kappa shape index (κ3) is 4.98. The Kier molecular flexibility index (Phi) is 6.56. The van der Waals surface area contributed by atoms with Crippen molar-refractivity contribution < 1.29 is 0 Å². The maximum Gasteiger partial charge on any atom is 0.0745 e. The highest BCUT2D eigenvalue weighted by molar-refractivity contribution is 7.69. The second-order valence-electron chi connectivity index (χ2n) is 3.61. The zero-order valence-electron chi connectivity index (χ0n) is 8.32. The van der Waals surface area contributed by atoms with Crippen molar-refractivity contribution in [3.05, 3.63) is 0 Å². The van der Waals surface area contributed by atoms with Gasteiger partial charge >= 0.3 is 0 Å². The van der Waals surface area contributed by atoms with Crippen molar-refractivity contribution in [2.24, 2.45) is 0 Å². The molecule has 2 heteroatoms. The van der Waals surface area contributed by atoms with Gasteiger partial charge in [0.15, 0.2) is 0 Å². The number of rotatable bonds is 6. The van der Waals surface area contributed by atoms with Gasteiger partial charge in [-0.2, -0.15) is 0 Å². The molecule has 0 fully saturated rings. The molecule has 0 saturated heterocycles. The summed E-state index contributed by atoms with van der Waals surface area (Å²) in [4.78, 5) is 0. The zero-order chi connectivity index (χ0) is 8.74. The molecule has 0 aromatic rings. The summed E-state index contributed by atoms with van der Waals surface area (Å²) in [5.41, 5.74) is 0. The molecule has 1 atom stereocenters. The lowest BCUT2D eigenvalue weighted by molar-refractivity contribution is 0.950. The normalized spacial score (nSPS) is 12.0. The molecule has 0 aliphatic rings. The smallest absolute Gasteiger partial charge is 0.0745 e. The van der Waals surface area contributed by atoms with Crippen LogP contribution in [-0.2, 0) is 0 Å². The van der Waals surface area contributed by atoms with E-state index >= 15 is 0 Å². The first-order valence-corrected chi connectivity index (χ1v) is 9.40. The van der Waals surface area contributed by atoms with Crippen LogP contribution in [0.1, 0.15) is 40.0 Å². The molecular weight excluding hydrogens is 167 g/mol. The van der Waals surface area contributed by atoms with Crippen molar-refractivity contribution in [1.29, 1.82) is 0 Å². The first-order valence-electron chi connectivity index (χ1n) is 4.97. The topological polar surface area (TPSA) is 0 Å². The quantitative estimate of drug-likeness (QED) is 0.438. The largest absolute Gasteiger partial charge is 0.148 e. The Labute approximate surface area is 75.2 Å². The van der Waals surface area contributed by atoms with Gasteiger partial charge in [0.05, 0.1) is 7.74 Å². The molecule has 0 spiro atoms. The molecule has 0 bridgehead atoms. The summed E-state index contributed by atoms with van der Waals surface area (Å²) >= 11 is 0. The van der Waals surface area contributed by atoms with Crippen molar-refractivity contribution >= 4 is 16.5 Å². The monoisotopic (exact) mass is 190 g/mol. The van der Waals surface area contributed by atoms with Gasteiger partial charge in [0.25, 0.3) is 0 Å². The van der Waals surface area contributed by atoms with E-state index in [9.17, 15) is 0 Å². The van der Waals surface area contributed by atoms with Gasteiger partial charge in [0.1, 0.15) is 0 Å². The molecule has 0 radical (unpaired) electrons. The maximum atomic E-state index is 3.22. The van der Waals surface area contributed by atoms with Crippen LogP contribution in [0.25, 0.3) is 0 Å². The molecule has 0 aromatic heterocycles. The Balaban J connectivity index is 3.79. The van der Waals surface area contributed by atoms with Crippen LogP contribution in [0.4, 0.5) is 0 Å². The van der Waals surface area contributed by atoms with Gasteiger partial charge in [-0.3, -0.25) is 0 Å². The molecule has 0 aliphatic heterocycles.